The van der Waals surface area contributed by atoms with E-state index in [9.17, 15) is 30.4 Å². The Balaban J connectivity index is 2.29. The first kappa shape index (κ1) is 18.3. The number of halogens is 5. The topological polar surface area (TPSA) is 46.2 Å². The number of hydrogen-bond acceptors (Lipinski definition) is 2. The minimum absolute atomic E-state index is 0.129. The van der Waals surface area contributed by atoms with Gasteiger partial charge in [-0.3, -0.25) is 0 Å². The Bertz CT molecular complexity index is 849. The first-order valence-corrected chi connectivity index (χ1v) is 8.13. The first-order valence-electron chi connectivity index (χ1n) is 6.65. The SMILES string of the molecule is CC(NS(=O)(=O)c1cccc(C(F)(F)F)c1)c1ccc(F)c(F)c1. The standard InChI is InChI=1S/C15H12F5NO2S/c1-9(10-5-6-13(16)14(17)7-10)21-24(22,23)12-4-2-3-11(8-12)15(18,19)20/h2-9,21H,1H3. The lowest BCUT2D eigenvalue weighted by Gasteiger charge is -2.16. The number of sulfonamides is 1. The van der Waals surface area contributed by atoms with Crippen LogP contribution in [0.15, 0.2) is 47.4 Å². The van der Waals surface area contributed by atoms with E-state index in [0.717, 1.165) is 30.3 Å². The highest BCUT2D eigenvalue weighted by atomic mass is 32.2. The Kier molecular flexibility index (Phi) is 4.95. The lowest BCUT2D eigenvalue weighted by Crippen LogP contribution is -2.27. The van der Waals surface area contributed by atoms with Crippen molar-refractivity contribution in [3.8, 4) is 0 Å². The van der Waals surface area contributed by atoms with Crippen molar-refractivity contribution in [3.05, 3.63) is 65.2 Å². The molecule has 0 amide bonds. The van der Waals surface area contributed by atoms with Gasteiger partial charge in [0.25, 0.3) is 0 Å². The maximum absolute atomic E-state index is 13.2. The Morgan fingerprint density at radius 1 is 1.00 bits per heavy atom. The summed E-state index contributed by atoms with van der Waals surface area (Å²) in [6, 6.07) is 5.08. The van der Waals surface area contributed by atoms with Gasteiger partial charge in [-0.2, -0.15) is 13.2 Å². The maximum Gasteiger partial charge on any atom is 0.416 e. The van der Waals surface area contributed by atoms with Gasteiger partial charge in [-0.25, -0.2) is 21.9 Å². The van der Waals surface area contributed by atoms with Gasteiger partial charge in [0.05, 0.1) is 10.5 Å². The Morgan fingerprint density at radius 3 is 2.25 bits per heavy atom. The minimum Gasteiger partial charge on any atom is -0.207 e. The molecule has 1 unspecified atom stereocenters. The van der Waals surface area contributed by atoms with Crippen LogP contribution < -0.4 is 4.72 Å². The lowest BCUT2D eigenvalue weighted by atomic mass is 10.1. The van der Waals surface area contributed by atoms with Crippen LogP contribution in [0.1, 0.15) is 24.1 Å². The van der Waals surface area contributed by atoms with Crippen molar-refractivity contribution < 1.29 is 30.4 Å². The fourth-order valence-electron chi connectivity index (χ4n) is 1.99. The van der Waals surface area contributed by atoms with Crippen LogP contribution in [0.5, 0.6) is 0 Å². The van der Waals surface area contributed by atoms with E-state index in [1.807, 2.05) is 0 Å². The molecule has 0 radical (unpaired) electrons. The molecule has 0 heterocycles. The third kappa shape index (κ3) is 4.09. The molecule has 0 aliphatic carbocycles. The zero-order valence-corrected chi connectivity index (χ0v) is 13.0. The lowest BCUT2D eigenvalue weighted by molar-refractivity contribution is -0.137. The second-order valence-corrected chi connectivity index (χ2v) is 6.76. The summed E-state index contributed by atoms with van der Waals surface area (Å²) in [5.41, 5.74) is -0.977. The van der Waals surface area contributed by atoms with Crippen molar-refractivity contribution in [1.82, 2.24) is 4.72 Å². The molecule has 2 rings (SSSR count). The van der Waals surface area contributed by atoms with Gasteiger partial charge in [-0.15, -0.1) is 0 Å². The molecule has 0 aliphatic rings. The van der Waals surface area contributed by atoms with Gasteiger partial charge >= 0.3 is 6.18 Å². The van der Waals surface area contributed by atoms with Gasteiger partial charge < -0.3 is 0 Å². The van der Waals surface area contributed by atoms with Crippen LogP contribution in [0.3, 0.4) is 0 Å². The molecule has 0 saturated carbocycles. The van der Waals surface area contributed by atoms with Crippen LogP contribution in [0.2, 0.25) is 0 Å². The highest BCUT2D eigenvalue weighted by Gasteiger charge is 2.32. The van der Waals surface area contributed by atoms with Crippen molar-refractivity contribution >= 4 is 10.0 Å². The fraction of sp³-hybridized carbons (Fsp3) is 0.200. The van der Waals surface area contributed by atoms with Gasteiger partial charge in [0, 0.05) is 6.04 Å². The molecule has 0 aliphatic heterocycles. The summed E-state index contributed by atoms with van der Waals surface area (Å²) in [7, 11) is -4.28. The molecule has 3 nitrogen and oxygen atoms in total. The van der Waals surface area contributed by atoms with Crippen molar-refractivity contribution in [3.63, 3.8) is 0 Å². The van der Waals surface area contributed by atoms with Crippen LogP contribution in [0.25, 0.3) is 0 Å². The highest BCUT2D eigenvalue weighted by molar-refractivity contribution is 7.89. The Morgan fingerprint density at radius 2 is 1.67 bits per heavy atom. The molecular formula is C15H12F5NO2S. The van der Waals surface area contributed by atoms with E-state index in [1.165, 1.54) is 13.0 Å². The van der Waals surface area contributed by atoms with Gasteiger partial charge in [-0.05, 0) is 42.8 Å². The number of hydrogen-bond donors (Lipinski definition) is 1. The van der Waals surface area contributed by atoms with E-state index < -0.39 is 44.3 Å². The molecule has 0 bridgehead atoms. The van der Waals surface area contributed by atoms with Crippen molar-refractivity contribution in [1.29, 1.82) is 0 Å². The zero-order chi connectivity index (χ0) is 18.1. The molecule has 1 N–H and O–H groups in total. The second kappa shape index (κ2) is 6.48. The molecule has 24 heavy (non-hydrogen) atoms. The zero-order valence-electron chi connectivity index (χ0n) is 12.2. The van der Waals surface area contributed by atoms with Crippen molar-refractivity contribution in [2.75, 3.05) is 0 Å². The summed E-state index contributed by atoms with van der Waals surface area (Å²) >= 11 is 0. The average Bonchev–Trinajstić information content (AvgIpc) is 2.49. The van der Waals surface area contributed by atoms with Gasteiger partial charge in [0.2, 0.25) is 10.0 Å². The van der Waals surface area contributed by atoms with E-state index in [0.29, 0.717) is 6.07 Å². The molecule has 9 heteroatoms. The van der Waals surface area contributed by atoms with Crippen LogP contribution >= 0.6 is 0 Å². The van der Waals surface area contributed by atoms with E-state index in [-0.39, 0.29) is 5.56 Å². The molecule has 2 aromatic carbocycles. The molecule has 0 aromatic heterocycles. The monoisotopic (exact) mass is 365 g/mol. The molecule has 2 aromatic rings. The van der Waals surface area contributed by atoms with Crippen LogP contribution in [0.4, 0.5) is 22.0 Å². The molecule has 0 fully saturated rings. The third-order valence-corrected chi connectivity index (χ3v) is 4.79. The minimum atomic E-state index is -4.68. The average molecular weight is 365 g/mol. The molecular weight excluding hydrogens is 353 g/mol. The van der Waals surface area contributed by atoms with Crippen LogP contribution in [-0.4, -0.2) is 8.42 Å². The Hall–Kier alpha value is -2.00. The summed E-state index contributed by atoms with van der Waals surface area (Å²) in [6.07, 6.45) is -4.68. The second-order valence-electron chi connectivity index (χ2n) is 5.04. The number of nitrogens with one attached hydrogen (secondary N) is 1. The maximum atomic E-state index is 13.2. The predicted octanol–water partition coefficient (Wildman–Crippen LogP) is 4.02. The largest absolute Gasteiger partial charge is 0.416 e. The van der Waals surface area contributed by atoms with E-state index in [2.05, 4.69) is 4.72 Å². The van der Waals surface area contributed by atoms with Gasteiger partial charge in [-0.1, -0.05) is 12.1 Å². The summed E-state index contributed by atoms with van der Waals surface area (Å²) < 4.78 is 90.7. The molecule has 1 atom stereocenters. The smallest absolute Gasteiger partial charge is 0.207 e. The third-order valence-electron chi connectivity index (χ3n) is 3.25. The fourth-order valence-corrected chi connectivity index (χ4v) is 3.27. The van der Waals surface area contributed by atoms with Crippen molar-refractivity contribution in [2.45, 2.75) is 24.0 Å². The first-order chi connectivity index (χ1) is 11.0. The predicted molar refractivity (Wildman–Crippen MR) is 76.5 cm³/mol. The van der Waals surface area contributed by atoms with Crippen LogP contribution in [-0.2, 0) is 16.2 Å². The van der Waals surface area contributed by atoms with Crippen LogP contribution in [0, 0.1) is 11.6 Å². The van der Waals surface area contributed by atoms with Gasteiger partial charge in [0.15, 0.2) is 11.6 Å². The Labute approximate surface area is 135 Å². The number of rotatable bonds is 4. The summed E-state index contributed by atoms with van der Waals surface area (Å²) in [4.78, 5) is -0.577. The van der Waals surface area contributed by atoms with Crippen molar-refractivity contribution in [2.24, 2.45) is 0 Å². The quantitative estimate of drug-likeness (QED) is 0.832. The van der Waals surface area contributed by atoms with E-state index in [1.54, 1.807) is 0 Å². The number of benzene rings is 2. The highest BCUT2D eigenvalue weighted by Crippen LogP contribution is 2.30. The van der Waals surface area contributed by atoms with Gasteiger partial charge in [0.1, 0.15) is 0 Å². The normalized spacial score (nSPS) is 13.8. The van der Waals surface area contributed by atoms with E-state index in [4.69, 9.17) is 0 Å². The van der Waals surface area contributed by atoms with E-state index >= 15 is 0 Å². The summed E-state index contributed by atoms with van der Waals surface area (Å²) in [6.45, 7) is 1.36. The molecule has 130 valence electrons. The molecule has 0 spiro atoms. The number of alkyl halides is 3. The summed E-state index contributed by atoms with van der Waals surface area (Å²) in [5.74, 6) is -2.25. The molecule has 0 saturated heterocycles. The summed E-state index contributed by atoms with van der Waals surface area (Å²) in [5, 5.41) is 0.